The zero-order valence-electron chi connectivity index (χ0n) is 8.98. The molecule has 0 saturated heterocycles. The second kappa shape index (κ2) is 5.01. The van der Waals surface area contributed by atoms with E-state index in [4.69, 9.17) is 23.2 Å². The SMILES string of the molecule is Clc1nc(NCc2cccs2)c2scc(Cl)c2n1. The van der Waals surface area contributed by atoms with Crippen LogP contribution < -0.4 is 5.32 Å². The maximum absolute atomic E-state index is 6.05. The summed E-state index contributed by atoms with van der Waals surface area (Å²) in [6, 6.07) is 4.09. The monoisotopic (exact) mass is 315 g/mol. The number of hydrogen-bond donors (Lipinski definition) is 1. The minimum Gasteiger partial charge on any atom is -0.364 e. The molecule has 18 heavy (non-hydrogen) atoms. The van der Waals surface area contributed by atoms with E-state index in [9.17, 15) is 0 Å². The average molecular weight is 316 g/mol. The van der Waals surface area contributed by atoms with Crippen molar-refractivity contribution in [3.8, 4) is 0 Å². The Balaban J connectivity index is 1.95. The summed E-state index contributed by atoms with van der Waals surface area (Å²) in [4.78, 5) is 9.59. The molecule has 0 atom stereocenters. The van der Waals surface area contributed by atoms with Crippen LogP contribution in [0.2, 0.25) is 10.3 Å². The van der Waals surface area contributed by atoms with Gasteiger partial charge in [0.2, 0.25) is 5.28 Å². The maximum atomic E-state index is 6.05. The van der Waals surface area contributed by atoms with E-state index in [1.165, 1.54) is 16.2 Å². The van der Waals surface area contributed by atoms with E-state index >= 15 is 0 Å². The molecule has 0 spiro atoms. The number of hydrogen-bond acceptors (Lipinski definition) is 5. The third-order valence-electron chi connectivity index (χ3n) is 2.35. The van der Waals surface area contributed by atoms with Crippen LogP contribution >= 0.6 is 45.9 Å². The molecule has 3 heterocycles. The minimum absolute atomic E-state index is 0.205. The fourth-order valence-corrected chi connectivity index (χ4v) is 3.54. The molecule has 3 rings (SSSR count). The number of thiophene rings is 2. The topological polar surface area (TPSA) is 37.8 Å². The molecule has 3 aromatic heterocycles. The van der Waals surface area contributed by atoms with Crippen molar-refractivity contribution >= 4 is 61.9 Å². The van der Waals surface area contributed by atoms with E-state index in [1.807, 2.05) is 16.8 Å². The van der Waals surface area contributed by atoms with Crippen LogP contribution in [0.4, 0.5) is 5.82 Å². The van der Waals surface area contributed by atoms with Crippen LogP contribution in [-0.2, 0) is 6.54 Å². The fourth-order valence-electron chi connectivity index (χ4n) is 1.57. The Hall–Kier alpha value is -0.880. The van der Waals surface area contributed by atoms with Crippen molar-refractivity contribution < 1.29 is 0 Å². The highest BCUT2D eigenvalue weighted by Crippen LogP contribution is 2.33. The van der Waals surface area contributed by atoms with Gasteiger partial charge >= 0.3 is 0 Å². The van der Waals surface area contributed by atoms with Gasteiger partial charge in [-0.3, -0.25) is 0 Å². The Kier molecular flexibility index (Phi) is 3.39. The molecule has 0 saturated carbocycles. The van der Waals surface area contributed by atoms with Gasteiger partial charge in [0.05, 0.1) is 16.3 Å². The van der Waals surface area contributed by atoms with Crippen molar-refractivity contribution in [2.24, 2.45) is 0 Å². The first-order valence-corrected chi connectivity index (χ1v) is 7.62. The van der Waals surface area contributed by atoms with Gasteiger partial charge in [-0.2, -0.15) is 4.98 Å². The molecule has 0 fully saturated rings. The number of aromatic nitrogens is 2. The molecule has 3 nitrogen and oxygen atoms in total. The molecule has 0 bridgehead atoms. The van der Waals surface area contributed by atoms with Crippen LogP contribution in [0.15, 0.2) is 22.9 Å². The van der Waals surface area contributed by atoms with Crippen LogP contribution in [0.25, 0.3) is 10.2 Å². The molecule has 0 aliphatic heterocycles. The first-order chi connectivity index (χ1) is 8.74. The van der Waals surface area contributed by atoms with Crippen LogP contribution in [0.5, 0.6) is 0 Å². The molecule has 0 unspecified atom stereocenters. The Morgan fingerprint density at radius 3 is 2.89 bits per heavy atom. The van der Waals surface area contributed by atoms with Gasteiger partial charge in [0.25, 0.3) is 0 Å². The summed E-state index contributed by atoms with van der Waals surface area (Å²) in [6.45, 7) is 0.718. The number of rotatable bonds is 3. The van der Waals surface area contributed by atoms with Crippen LogP contribution in [0, 0.1) is 0 Å². The Morgan fingerprint density at radius 1 is 1.22 bits per heavy atom. The van der Waals surface area contributed by atoms with Crippen LogP contribution in [-0.4, -0.2) is 9.97 Å². The summed E-state index contributed by atoms with van der Waals surface area (Å²) in [5.74, 6) is 0.732. The Bertz CT molecular complexity index is 679. The third-order valence-corrected chi connectivity index (χ3v) is 4.79. The Morgan fingerprint density at radius 2 is 2.11 bits per heavy atom. The first kappa shape index (κ1) is 12.2. The van der Waals surface area contributed by atoms with Crippen molar-refractivity contribution in [1.29, 1.82) is 0 Å². The van der Waals surface area contributed by atoms with E-state index in [0.717, 1.165) is 17.1 Å². The number of nitrogens with one attached hydrogen (secondary N) is 1. The van der Waals surface area contributed by atoms with Gasteiger partial charge in [-0.1, -0.05) is 17.7 Å². The lowest BCUT2D eigenvalue weighted by molar-refractivity contribution is 1.13. The molecule has 1 N–H and O–H groups in total. The summed E-state index contributed by atoms with van der Waals surface area (Å²) in [5.41, 5.74) is 0.704. The van der Waals surface area contributed by atoms with E-state index in [0.29, 0.717) is 10.5 Å². The zero-order chi connectivity index (χ0) is 12.5. The number of nitrogens with zero attached hydrogens (tertiary/aromatic N) is 2. The van der Waals surface area contributed by atoms with Gasteiger partial charge in [-0.15, -0.1) is 22.7 Å². The molecule has 0 radical (unpaired) electrons. The number of fused-ring (bicyclic) bond motifs is 1. The lowest BCUT2D eigenvalue weighted by Gasteiger charge is -2.05. The Labute approximate surface area is 121 Å². The quantitative estimate of drug-likeness (QED) is 0.713. The standard InChI is InChI=1S/C11H7Cl2N3S2/c12-7-5-18-9-8(7)15-11(13)16-10(9)14-4-6-2-1-3-17-6/h1-3,5H,4H2,(H,14,15,16). The van der Waals surface area contributed by atoms with Crippen molar-refractivity contribution in [3.05, 3.63) is 38.1 Å². The third kappa shape index (κ3) is 2.31. The molecule has 0 amide bonds. The predicted octanol–water partition coefficient (Wildman–Crippen LogP) is 4.67. The molecular formula is C11H7Cl2N3S2. The molecule has 0 aliphatic rings. The predicted molar refractivity (Wildman–Crippen MR) is 79.1 cm³/mol. The number of halogens is 2. The van der Waals surface area contributed by atoms with Crippen molar-refractivity contribution in [3.63, 3.8) is 0 Å². The van der Waals surface area contributed by atoms with E-state index in [-0.39, 0.29) is 5.28 Å². The molecule has 3 aromatic rings. The van der Waals surface area contributed by atoms with Gasteiger partial charge in [0.15, 0.2) is 0 Å². The summed E-state index contributed by atoms with van der Waals surface area (Å²) in [5, 5.41) is 7.97. The summed E-state index contributed by atoms with van der Waals surface area (Å²) in [6.07, 6.45) is 0. The molecule has 0 aliphatic carbocycles. The normalized spacial score (nSPS) is 11.0. The molecule has 92 valence electrons. The lowest BCUT2D eigenvalue weighted by Crippen LogP contribution is -2.00. The zero-order valence-corrected chi connectivity index (χ0v) is 12.1. The van der Waals surface area contributed by atoms with Gasteiger partial charge in [0.1, 0.15) is 11.3 Å². The van der Waals surface area contributed by atoms with Crippen LogP contribution in [0.3, 0.4) is 0 Å². The molecular weight excluding hydrogens is 309 g/mol. The second-order valence-electron chi connectivity index (χ2n) is 3.54. The van der Waals surface area contributed by atoms with E-state index in [1.54, 1.807) is 11.3 Å². The van der Waals surface area contributed by atoms with Crippen LogP contribution in [0.1, 0.15) is 4.88 Å². The minimum atomic E-state index is 0.205. The molecule has 0 aromatic carbocycles. The first-order valence-electron chi connectivity index (χ1n) is 5.10. The highest BCUT2D eigenvalue weighted by molar-refractivity contribution is 7.18. The smallest absolute Gasteiger partial charge is 0.225 e. The van der Waals surface area contributed by atoms with Crippen molar-refractivity contribution in [1.82, 2.24) is 9.97 Å². The van der Waals surface area contributed by atoms with Crippen molar-refractivity contribution in [2.75, 3.05) is 5.32 Å². The van der Waals surface area contributed by atoms with Gasteiger partial charge < -0.3 is 5.32 Å². The summed E-state index contributed by atoms with van der Waals surface area (Å²) >= 11 is 15.2. The van der Waals surface area contributed by atoms with Gasteiger partial charge in [0, 0.05) is 10.3 Å². The summed E-state index contributed by atoms with van der Waals surface area (Å²) < 4.78 is 0.931. The second-order valence-corrected chi connectivity index (χ2v) is 6.19. The molecule has 7 heteroatoms. The highest BCUT2D eigenvalue weighted by atomic mass is 35.5. The largest absolute Gasteiger partial charge is 0.364 e. The summed E-state index contributed by atoms with van der Waals surface area (Å²) in [7, 11) is 0. The fraction of sp³-hybridized carbons (Fsp3) is 0.0909. The van der Waals surface area contributed by atoms with Crippen molar-refractivity contribution in [2.45, 2.75) is 6.54 Å². The van der Waals surface area contributed by atoms with Gasteiger partial charge in [-0.05, 0) is 23.0 Å². The van der Waals surface area contributed by atoms with Gasteiger partial charge in [-0.25, -0.2) is 4.98 Å². The lowest BCUT2D eigenvalue weighted by atomic mass is 10.4. The highest BCUT2D eigenvalue weighted by Gasteiger charge is 2.11. The number of anilines is 1. The maximum Gasteiger partial charge on any atom is 0.225 e. The van der Waals surface area contributed by atoms with E-state index in [2.05, 4.69) is 21.4 Å². The van der Waals surface area contributed by atoms with E-state index < -0.39 is 0 Å². The average Bonchev–Trinajstić information content (AvgIpc) is 2.97.